The Kier molecular flexibility index (Phi) is 4.74. The van der Waals surface area contributed by atoms with E-state index >= 15 is 0 Å². The molecule has 2 rings (SSSR count). The van der Waals surface area contributed by atoms with Crippen molar-refractivity contribution in [2.24, 2.45) is 0 Å². The van der Waals surface area contributed by atoms with E-state index in [-0.39, 0.29) is 0 Å². The molecule has 0 radical (unpaired) electrons. The van der Waals surface area contributed by atoms with Gasteiger partial charge in [-0.15, -0.1) is 0 Å². The Hall–Kier alpha value is -1.87. The van der Waals surface area contributed by atoms with Crippen LogP contribution in [0.3, 0.4) is 0 Å². The molecule has 0 fully saturated rings. The highest BCUT2D eigenvalue weighted by Crippen LogP contribution is 2.21. The molecule has 1 N–H and O–H groups in total. The SMILES string of the molecule is CNCc1cccc(CN(C)c2ccc(C)cc2C)n1. The minimum Gasteiger partial charge on any atom is -0.368 e. The molecule has 0 aliphatic heterocycles. The van der Waals surface area contributed by atoms with Crippen LogP contribution in [-0.2, 0) is 13.1 Å². The van der Waals surface area contributed by atoms with E-state index in [0.717, 1.165) is 24.5 Å². The molecule has 0 amide bonds. The molecule has 2 aromatic rings. The lowest BCUT2D eigenvalue weighted by atomic mass is 10.1. The van der Waals surface area contributed by atoms with Crippen molar-refractivity contribution in [3.05, 3.63) is 58.9 Å². The van der Waals surface area contributed by atoms with Crippen LogP contribution in [-0.4, -0.2) is 19.1 Å². The molecule has 1 heterocycles. The van der Waals surface area contributed by atoms with E-state index in [0.29, 0.717) is 0 Å². The average molecular weight is 269 g/mol. The molecular weight excluding hydrogens is 246 g/mol. The summed E-state index contributed by atoms with van der Waals surface area (Å²) >= 11 is 0. The molecule has 0 saturated heterocycles. The van der Waals surface area contributed by atoms with Crippen molar-refractivity contribution in [1.29, 1.82) is 0 Å². The third-order valence-electron chi connectivity index (χ3n) is 3.39. The molecule has 20 heavy (non-hydrogen) atoms. The third-order valence-corrected chi connectivity index (χ3v) is 3.39. The largest absolute Gasteiger partial charge is 0.368 e. The summed E-state index contributed by atoms with van der Waals surface area (Å²) in [6.45, 7) is 5.91. The van der Waals surface area contributed by atoms with E-state index in [9.17, 15) is 0 Å². The number of nitrogens with one attached hydrogen (secondary N) is 1. The highest BCUT2D eigenvalue weighted by molar-refractivity contribution is 5.53. The second kappa shape index (κ2) is 6.53. The fourth-order valence-electron chi connectivity index (χ4n) is 2.46. The third kappa shape index (κ3) is 3.58. The van der Waals surface area contributed by atoms with Crippen molar-refractivity contribution in [1.82, 2.24) is 10.3 Å². The molecule has 0 aliphatic rings. The van der Waals surface area contributed by atoms with Gasteiger partial charge < -0.3 is 10.2 Å². The molecule has 1 aromatic carbocycles. The van der Waals surface area contributed by atoms with Gasteiger partial charge in [0.1, 0.15) is 0 Å². The minimum atomic E-state index is 0.807. The van der Waals surface area contributed by atoms with Crippen LogP contribution in [0.5, 0.6) is 0 Å². The number of nitrogens with zero attached hydrogens (tertiary/aromatic N) is 2. The van der Waals surface area contributed by atoms with Crippen molar-refractivity contribution in [3.63, 3.8) is 0 Å². The van der Waals surface area contributed by atoms with Gasteiger partial charge in [0.2, 0.25) is 0 Å². The number of benzene rings is 1. The molecule has 3 heteroatoms. The van der Waals surface area contributed by atoms with Gasteiger partial charge in [0.15, 0.2) is 0 Å². The zero-order chi connectivity index (χ0) is 14.5. The fraction of sp³-hybridized carbons (Fsp3) is 0.353. The van der Waals surface area contributed by atoms with Crippen molar-refractivity contribution in [3.8, 4) is 0 Å². The first-order valence-corrected chi connectivity index (χ1v) is 6.98. The van der Waals surface area contributed by atoms with E-state index < -0.39 is 0 Å². The summed E-state index contributed by atoms with van der Waals surface area (Å²) in [6.07, 6.45) is 0. The molecule has 0 spiro atoms. The first-order chi connectivity index (χ1) is 9.60. The Morgan fingerprint density at radius 3 is 2.55 bits per heavy atom. The maximum atomic E-state index is 4.67. The summed E-state index contributed by atoms with van der Waals surface area (Å²) < 4.78 is 0. The Labute approximate surface area is 121 Å². The summed E-state index contributed by atoms with van der Waals surface area (Å²) in [6, 6.07) is 12.8. The number of pyridine rings is 1. The van der Waals surface area contributed by atoms with Crippen LogP contribution in [0.1, 0.15) is 22.5 Å². The molecular formula is C17H23N3. The van der Waals surface area contributed by atoms with Crippen molar-refractivity contribution in [2.45, 2.75) is 26.9 Å². The van der Waals surface area contributed by atoms with Gasteiger partial charge in [-0.2, -0.15) is 0 Å². The van der Waals surface area contributed by atoms with Crippen LogP contribution < -0.4 is 10.2 Å². The van der Waals surface area contributed by atoms with Crippen molar-refractivity contribution in [2.75, 3.05) is 19.0 Å². The smallest absolute Gasteiger partial charge is 0.0600 e. The lowest BCUT2D eigenvalue weighted by Crippen LogP contribution is -2.19. The lowest BCUT2D eigenvalue weighted by molar-refractivity contribution is 0.774. The van der Waals surface area contributed by atoms with E-state index in [4.69, 9.17) is 0 Å². The number of anilines is 1. The van der Waals surface area contributed by atoms with Gasteiger partial charge in [-0.25, -0.2) is 0 Å². The van der Waals surface area contributed by atoms with Gasteiger partial charge in [0.25, 0.3) is 0 Å². The lowest BCUT2D eigenvalue weighted by Gasteiger charge is -2.21. The van der Waals surface area contributed by atoms with Gasteiger partial charge in [-0.3, -0.25) is 4.98 Å². The van der Waals surface area contributed by atoms with Gasteiger partial charge in [-0.05, 0) is 44.7 Å². The highest BCUT2D eigenvalue weighted by Gasteiger charge is 2.06. The van der Waals surface area contributed by atoms with Crippen LogP contribution in [0.15, 0.2) is 36.4 Å². The predicted molar refractivity (Wildman–Crippen MR) is 85.0 cm³/mol. The van der Waals surface area contributed by atoms with Crippen LogP contribution in [0.25, 0.3) is 0 Å². The molecule has 3 nitrogen and oxygen atoms in total. The quantitative estimate of drug-likeness (QED) is 0.904. The highest BCUT2D eigenvalue weighted by atomic mass is 15.1. The predicted octanol–water partition coefficient (Wildman–Crippen LogP) is 3.05. The Balaban J connectivity index is 2.14. The Bertz CT molecular complexity index is 578. The second-order valence-corrected chi connectivity index (χ2v) is 5.30. The molecule has 0 aliphatic carbocycles. The van der Waals surface area contributed by atoms with Crippen molar-refractivity contribution < 1.29 is 0 Å². The van der Waals surface area contributed by atoms with Gasteiger partial charge in [-0.1, -0.05) is 23.8 Å². The van der Waals surface area contributed by atoms with Gasteiger partial charge in [0.05, 0.1) is 17.9 Å². The fourth-order valence-corrected chi connectivity index (χ4v) is 2.46. The zero-order valence-electron chi connectivity index (χ0n) is 12.8. The first kappa shape index (κ1) is 14.5. The molecule has 0 unspecified atom stereocenters. The number of hydrogen-bond acceptors (Lipinski definition) is 3. The standard InChI is InChI=1S/C17H23N3/c1-13-8-9-17(14(2)10-13)20(4)12-16-7-5-6-15(19-16)11-18-3/h5-10,18H,11-12H2,1-4H3. The summed E-state index contributed by atoms with van der Waals surface area (Å²) in [5.74, 6) is 0. The number of aryl methyl sites for hydroxylation is 2. The molecule has 106 valence electrons. The van der Waals surface area contributed by atoms with E-state index in [2.05, 4.69) is 72.5 Å². The van der Waals surface area contributed by atoms with Crippen molar-refractivity contribution >= 4 is 5.69 Å². The number of rotatable bonds is 5. The van der Waals surface area contributed by atoms with Gasteiger partial charge >= 0.3 is 0 Å². The number of hydrogen-bond donors (Lipinski definition) is 1. The molecule has 1 aromatic heterocycles. The number of aromatic nitrogens is 1. The summed E-state index contributed by atoms with van der Waals surface area (Å²) in [5, 5.41) is 3.14. The summed E-state index contributed by atoms with van der Waals surface area (Å²) in [4.78, 5) is 6.92. The summed E-state index contributed by atoms with van der Waals surface area (Å²) in [5.41, 5.74) is 6.04. The molecule has 0 atom stereocenters. The van der Waals surface area contributed by atoms with E-state index in [1.165, 1.54) is 16.8 Å². The van der Waals surface area contributed by atoms with E-state index in [1.54, 1.807) is 0 Å². The average Bonchev–Trinajstić information content (AvgIpc) is 2.39. The molecule has 0 saturated carbocycles. The summed E-state index contributed by atoms with van der Waals surface area (Å²) in [7, 11) is 4.06. The van der Waals surface area contributed by atoms with Crippen LogP contribution in [0.4, 0.5) is 5.69 Å². The minimum absolute atomic E-state index is 0.807. The van der Waals surface area contributed by atoms with Crippen LogP contribution in [0, 0.1) is 13.8 Å². The van der Waals surface area contributed by atoms with Crippen LogP contribution in [0.2, 0.25) is 0 Å². The maximum absolute atomic E-state index is 4.67. The topological polar surface area (TPSA) is 28.2 Å². The normalized spacial score (nSPS) is 10.6. The second-order valence-electron chi connectivity index (χ2n) is 5.30. The Morgan fingerprint density at radius 1 is 1.10 bits per heavy atom. The maximum Gasteiger partial charge on any atom is 0.0600 e. The first-order valence-electron chi connectivity index (χ1n) is 6.98. The monoisotopic (exact) mass is 269 g/mol. The van der Waals surface area contributed by atoms with Crippen LogP contribution >= 0.6 is 0 Å². The Morgan fingerprint density at radius 2 is 1.85 bits per heavy atom. The zero-order valence-corrected chi connectivity index (χ0v) is 12.8. The van der Waals surface area contributed by atoms with E-state index in [1.807, 2.05) is 7.05 Å². The molecule has 0 bridgehead atoms. The van der Waals surface area contributed by atoms with Gasteiger partial charge in [0, 0.05) is 19.3 Å².